The first-order chi connectivity index (χ1) is 12.1. The van der Waals surface area contributed by atoms with Crippen molar-refractivity contribution >= 4 is 33.4 Å². The number of benzene rings is 2. The van der Waals surface area contributed by atoms with E-state index in [1.807, 2.05) is 36.4 Å². The summed E-state index contributed by atoms with van der Waals surface area (Å²) in [6.07, 6.45) is 0. The van der Waals surface area contributed by atoms with Gasteiger partial charge in [0.25, 0.3) is 5.91 Å². The Labute approximate surface area is 158 Å². The molecule has 1 N–H and O–H groups in total. The van der Waals surface area contributed by atoms with Crippen LogP contribution in [0.15, 0.2) is 69.6 Å². The minimum Gasteiger partial charge on any atom is -0.484 e. The first-order valence-corrected chi connectivity index (χ1v) is 8.77. The van der Waals surface area contributed by atoms with Gasteiger partial charge in [-0.25, -0.2) is 0 Å². The Balaban J connectivity index is 1.49. The molecule has 2 aromatic carbocycles. The van der Waals surface area contributed by atoms with Gasteiger partial charge in [-0.1, -0.05) is 39.7 Å². The highest BCUT2D eigenvalue weighted by atomic mass is 79.9. The van der Waals surface area contributed by atoms with Crippen LogP contribution in [0.4, 0.5) is 0 Å². The lowest BCUT2D eigenvalue weighted by Crippen LogP contribution is -2.28. The van der Waals surface area contributed by atoms with Gasteiger partial charge < -0.3 is 14.5 Å². The number of amides is 1. The highest BCUT2D eigenvalue weighted by Crippen LogP contribution is 2.24. The Hall–Kier alpha value is -2.24. The Morgan fingerprint density at radius 3 is 2.48 bits per heavy atom. The van der Waals surface area contributed by atoms with E-state index in [4.69, 9.17) is 20.8 Å². The van der Waals surface area contributed by atoms with Crippen molar-refractivity contribution in [2.24, 2.45) is 0 Å². The van der Waals surface area contributed by atoms with Crippen molar-refractivity contribution in [3.05, 3.63) is 75.9 Å². The highest BCUT2D eigenvalue weighted by molar-refractivity contribution is 9.10. The van der Waals surface area contributed by atoms with Crippen LogP contribution in [0.25, 0.3) is 11.3 Å². The second-order valence-corrected chi connectivity index (χ2v) is 6.64. The van der Waals surface area contributed by atoms with Gasteiger partial charge in [0.15, 0.2) is 6.61 Å². The van der Waals surface area contributed by atoms with Crippen LogP contribution in [0.2, 0.25) is 5.02 Å². The van der Waals surface area contributed by atoms with E-state index < -0.39 is 0 Å². The Bertz CT molecular complexity index is 844. The average Bonchev–Trinajstić information content (AvgIpc) is 3.09. The molecule has 0 fully saturated rings. The molecule has 0 unspecified atom stereocenters. The summed E-state index contributed by atoms with van der Waals surface area (Å²) in [4.78, 5) is 11.9. The number of carbonyl (C=O) groups is 1. The van der Waals surface area contributed by atoms with Crippen molar-refractivity contribution in [1.29, 1.82) is 0 Å². The van der Waals surface area contributed by atoms with E-state index in [0.29, 0.717) is 23.1 Å². The van der Waals surface area contributed by atoms with Gasteiger partial charge >= 0.3 is 0 Å². The fraction of sp³-hybridized carbons (Fsp3) is 0.105. The molecule has 25 heavy (non-hydrogen) atoms. The molecule has 128 valence electrons. The predicted octanol–water partition coefficient (Wildman–Crippen LogP) is 5.06. The number of hydrogen-bond acceptors (Lipinski definition) is 3. The monoisotopic (exact) mass is 419 g/mol. The molecule has 0 radical (unpaired) electrons. The molecule has 3 rings (SSSR count). The molecule has 0 saturated carbocycles. The summed E-state index contributed by atoms with van der Waals surface area (Å²) in [6, 6.07) is 18.4. The van der Waals surface area contributed by atoms with Crippen molar-refractivity contribution < 1.29 is 13.9 Å². The van der Waals surface area contributed by atoms with Crippen molar-refractivity contribution in [2.45, 2.75) is 6.54 Å². The number of rotatable bonds is 6. The fourth-order valence-electron chi connectivity index (χ4n) is 2.16. The molecule has 0 atom stereocenters. The SMILES string of the molecule is O=C(COc1ccc(Cl)cc1)NCc1ccc(-c2ccc(Br)cc2)o1. The maximum Gasteiger partial charge on any atom is 0.258 e. The van der Waals surface area contributed by atoms with E-state index >= 15 is 0 Å². The Morgan fingerprint density at radius 1 is 1.04 bits per heavy atom. The van der Waals surface area contributed by atoms with Gasteiger partial charge in [0, 0.05) is 15.1 Å². The van der Waals surface area contributed by atoms with Gasteiger partial charge in [-0.05, 0) is 48.5 Å². The van der Waals surface area contributed by atoms with Gasteiger partial charge in [0.2, 0.25) is 0 Å². The molecule has 0 spiro atoms. The van der Waals surface area contributed by atoms with Crippen LogP contribution in [0.5, 0.6) is 5.75 Å². The minimum atomic E-state index is -0.225. The van der Waals surface area contributed by atoms with E-state index in [9.17, 15) is 4.79 Å². The predicted molar refractivity (Wildman–Crippen MR) is 101 cm³/mol. The molecule has 1 aromatic heterocycles. The Morgan fingerprint density at radius 2 is 1.76 bits per heavy atom. The minimum absolute atomic E-state index is 0.0675. The lowest BCUT2D eigenvalue weighted by atomic mass is 10.2. The van der Waals surface area contributed by atoms with Gasteiger partial charge in [-0.3, -0.25) is 4.79 Å². The molecule has 0 aliphatic rings. The lowest BCUT2D eigenvalue weighted by Gasteiger charge is -2.06. The number of furan rings is 1. The second-order valence-electron chi connectivity index (χ2n) is 5.29. The smallest absolute Gasteiger partial charge is 0.258 e. The third kappa shape index (κ3) is 5.11. The largest absolute Gasteiger partial charge is 0.484 e. The van der Waals surface area contributed by atoms with E-state index in [0.717, 1.165) is 15.8 Å². The molecular formula is C19H15BrClNO3. The van der Waals surface area contributed by atoms with Crippen LogP contribution in [-0.2, 0) is 11.3 Å². The standard InChI is InChI=1S/C19H15BrClNO3/c20-14-3-1-13(2-4-14)18-10-9-17(25-18)11-22-19(23)12-24-16-7-5-15(21)6-8-16/h1-10H,11-12H2,(H,22,23). The normalized spacial score (nSPS) is 10.5. The quantitative estimate of drug-likeness (QED) is 0.606. The number of nitrogens with one attached hydrogen (secondary N) is 1. The van der Waals surface area contributed by atoms with E-state index in [-0.39, 0.29) is 12.5 Å². The summed E-state index contributed by atoms with van der Waals surface area (Å²) in [5.74, 6) is 1.80. The Kier molecular flexibility index (Phi) is 5.79. The molecule has 3 aromatic rings. The molecule has 0 aliphatic carbocycles. The van der Waals surface area contributed by atoms with Crippen molar-refractivity contribution in [3.63, 3.8) is 0 Å². The second kappa shape index (κ2) is 8.23. The molecule has 4 nitrogen and oxygen atoms in total. The molecule has 6 heteroatoms. The van der Waals surface area contributed by atoms with Crippen molar-refractivity contribution in [1.82, 2.24) is 5.32 Å². The zero-order valence-corrected chi connectivity index (χ0v) is 15.5. The van der Waals surface area contributed by atoms with Crippen LogP contribution in [0, 0.1) is 0 Å². The van der Waals surface area contributed by atoms with Gasteiger partial charge in [-0.15, -0.1) is 0 Å². The van der Waals surface area contributed by atoms with Crippen molar-refractivity contribution in [2.75, 3.05) is 6.61 Å². The lowest BCUT2D eigenvalue weighted by molar-refractivity contribution is -0.123. The van der Waals surface area contributed by atoms with E-state index in [1.54, 1.807) is 24.3 Å². The zero-order chi connectivity index (χ0) is 17.6. The van der Waals surface area contributed by atoms with Gasteiger partial charge in [0.1, 0.15) is 17.3 Å². The third-order valence-corrected chi connectivity index (χ3v) is 4.21. The zero-order valence-electron chi connectivity index (χ0n) is 13.2. The number of ether oxygens (including phenoxy) is 1. The summed E-state index contributed by atoms with van der Waals surface area (Å²) in [6.45, 7) is 0.237. The third-order valence-electron chi connectivity index (χ3n) is 3.43. The average molecular weight is 421 g/mol. The first-order valence-electron chi connectivity index (χ1n) is 7.60. The van der Waals surface area contributed by atoms with Crippen molar-refractivity contribution in [3.8, 4) is 17.1 Å². The van der Waals surface area contributed by atoms with Crippen LogP contribution in [0.3, 0.4) is 0 Å². The van der Waals surface area contributed by atoms with Gasteiger partial charge in [0.05, 0.1) is 6.54 Å². The van der Waals surface area contributed by atoms with E-state index in [2.05, 4.69) is 21.2 Å². The molecule has 0 aliphatic heterocycles. The van der Waals surface area contributed by atoms with E-state index in [1.165, 1.54) is 0 Å². The number of halogens is 2. The van der Waals surface area contributed by atoms with Crippen LogP contribution in [0.1, 0.15) is 5.76 Å². The topological polar surface area (TPSA) is 51.5 Å². The van der Waals surface area contributed by atoms with Crippen LogP contribution < -0.4 is 10.1 Å². The summed E-state index contributed by atoms with van der Waals surface area (Å²) in [5.41, 5.74) is 0.979. The summed E-state index contributed by atoms with van der Waals surface area (Å²) in [5, 5.41) is 3.38. The first kappa shape index (κ1) is 17.6. The summed E-state index contributed by atoms with van der Waals surface area (Å²) in [7, 11) is 0. The van der Waals surface area contributed by atoms with Crippen LogP contribution >= 0.6 is 27.5 Å². The molecule has 0 saturated heterocycles. The summed E-state index contributed by atoms with van der Waals surface area (Å²) >= 11 is 9.20. The molecule has 0 bridgehead atoms. The number of carbonyl (C=O) groups excluding carboxylic acids is 1. The van der Waals surface area contributed by atoms with Crippen LogP contribution in [-0.4, -0.2) is 12.5 Å². The maximum atomic E-state index is 11.9. The van der Waals surface area contributed by atoms with Gasteiger partial charge in [-0.2, -0.15) is 0 Å². The fourth-order valence-corrected chi connectivity index (χ4v) is 2.55. The molecule has 1 amide bonds. The highest BCUT2D eigenvalue weighted by Gasteiger charge is 2.07. The molecule has 1 heterocycles. The summed E-state index contributed by atoms with van der Waals surface area (Å²) < 4.78 is 12.2. The maximum absolute atomic E-state index is 11.9. The molecular weight excluding hydrogens is 406 g/mol. The number of hydrogen-bond donors (Lipinski definition) is 1.